The number of aromatic nitrogens is 1. The largest absolute Gasteiger partial charge is 0.497 e. The fourth-order valence-corrected chi connectivity index (χ4v) is 4.29. The molecular weight excluding hydrogens is 552 g/mol. The number of carboxylic acids is 2. The molecule has 15 heteroatoms. The lowest BCUT2D eigenvalue weighted by Crippen LogP contribution is -2.51. The summed E-state index contributed by atoms with van der Waals surface area (Å²) >= 11 is 0. The van der Waals surface area contributed by atoms with Gasteiger partial charge in [0.25, 0.3) is 0 Å². The molecule has 1 amide bonds. The van der Waals surface area contributed by atoms with Gasteiger partial charge in [0.2, 0.25) is 5.91 Å². The number of amides is 1. The average Bonchev–Trinajstić information content (AvgIpc) is 3.29. The highest BCUT2D eigenvalue weighted by molar-refractivity contribution is 5.77. The number of fused-ring (bicyclic) bond motifs is 1. The lowest BCUT2D eigenvalue weighted by atomic mass is 9.95. The van der Waals surface area contributed by atoms with Gasteiger partial charge in [0.15, 0.2) is 0 Å². The predicted molar refractivity (Wildman–Crippen MR) is 127 cm³/mol. The van der Waals surface area contributed by atoms with Crippen LogP contribution in [0.5, 0.6) is 5.75 Å². The van der Waals surface area contributed by atoms with Crippen molar-refractivity contribution in [1.29, 1.82) is 0 Å². The van der Waals surface area contributed by atoms with E-state index in [0.717, 1.165) is 37.2 Å². The molecule has 2 aliphatic rings. The number of piperidine rings is 1. The zero-order valence-corrected chi connectivity index (χ0v) is 21.2. The first kappa shape index (κ1) is 32.3. The van der Waals surface area contributed by atoms with Crippen LogP contribution in [-0.2, 0) is 27.5 Å². The molecule has 1 aromatic heterocycles. The second-order valence-electron chi connectivity index (χ2n) is 8.76. The van der Waals surface area contributed by atoms with Crippen molar-refractivity contribution in [1.82, 2.24) is 14.8 Å². The van der Waals surface area contributed by atoms with E-state index in [1.165, 1.54) is 5.56 Å². The minimum absolute atomic E-state index is 0.286. The Morgan fingerprint density at radius 3 is 1.85 bits per heavy atom. The van der Waals surface area contributed by atoms with Crippen LogP contribution in [0.25, 0.3) is 0 Å². The number of rotatable bonds is 5. The molecule has 0 radical (unpaired) electrons. The van der Waals surface area contributed by atoms with E-state index in [2.05, 4.69) is 26.9 Å². The molecule has 2 saturated heterocycles. The van der Waals surface area contributed by atoms with E-state index in [4.69, 9.17) is 24.5 Å². The monoisotopic (exact) mass is 579 g/mol. The number of aliphatic carboxylic acids is 2. The van der Waals surface area contributed by atoms with Crippen LogP contribution in [-0.4, -0.2) is 80.9 Å². The molecule has 40 heavy (non-hydrogen) atoms. The molecule has 0 saturated carbocycles. The Morgan fingerprint density at radius 1 is 0.875 bits per heavy atom. The summed E-state index contributed by atoms with van der Waals surface area (Å²) < 4.78 is 68.7. The maximum atomic E-state index is 12.6. The molecule has 4 rings (SSSR count). The Balaban J connectivity index is 0.000000333. The quantitative estimate of drug-likeness (QED) is 0.508. The third-order valence-corrected chi connectivity index (χ3v) is 6.13. The second-order valence-corrected chi connectivity index (χ2v) is 8.76. The number of hydrogen-bond donors (Lipinski definition) is 2. The van der Waals surface area contributed by atoms with Gasteiger partial charge >= 0.3 is 24.3 Å². The summed E-state index contributed by atoms with van der Waals surface area (Å²) in [5.74, 6) is -4.34. The van der Waals surface area contributed by atoms with E-state index in [-0.39, 0.29) is 5.91 Å². The van der Waals surface area contributed by atoms with Gasteiger partial charge in [-0.3, -0.25) is 14.7 Å². The number of likely N-dealkylation sites (tertiary alicyclic amines) is 2. The smallest absolute Gasteiger partial charge is 0.490 e. The number of ether oxygens (including phenoxy) is 1. The Kier molecular flexibility index (Phi) is 11.3. The molecule has 0 bridgehead atoms. The van der Waals surface area contributed by atoms with E-state index in [0.29, 0.717) is 25.0 Å². The number of alkyl halides is 6. The third kappa shape index (κ3) is 9.70. The fourth-order valence-electron chi connectivity index (χ4n) is 4.29. The first-order chi connectivity index (χ1) is 18.6. The summed E-state index contributed by atoms with van der Waals surface area (Å²) in [7, 11) is 1.69. The van der Waals surface area contributed by atoms with Crippen molar-refractivity contribution >= 4 is 17.8 Å². The van der Waals surface area contributed by atoms with E-state index in [1.807, 2.05) is 24.3 Å². The molecule has 220 valence electrons. The minimum Gasteiger partial charge on any atom is -0.497 e. The Hall–Kier alpha value is -3.88. The van der Waals surface area contributed by atoms with E-state index >= 15 is 0 Å². The van der Waals surface area contributed by atoms with Crippen molar-refractivity contribution in [2.75, 3.05) is 13.7 Å². The maximum absolute atomic E-state index is 12.6. The number of carbonyl (C=O) groups excluding carboxylic acids is 1. The van der Waals surface area contributed by atoms with Crippen molar-refractivity contribution in [3.05, 3.63) is 59.9 Å². The normalized spacial score (nSPS) is 19.0. The highest BCUT2D eigenvalue weighted by Gasteiger charge is 2.43. The van der Waals surface area contributed by atoms with Crippen LogP contribution in [0.15, 0.2) is 48.8 Å². The van der Waals surface area contributed by atoms with Gasteiger partial charge in [-0.15, -0.1) is 0 Å². The molecule has 2 aliphatic heterocycles. The summed E-state index contributed by atoms with van der Waals surface area (Å²) in [5, 5.41) is 14.2. The number of pyridine rings is 1. The molecule has 0 unspecified atom stereocenters. The highest BCUT2D eigenvalue weighted by atomic mass is 19.4. The molecule has 1 aromatic carbocycles. The molecule has 9 nitrogen and oxygen atoms in total. The molecule has 2 fully saturated rings. The fraction of sp³-hybridized carbons (Fsp3) is 0.440. The van der Waals surface area contributed by atoms with E-state index < -0.39 is 24.3 Å². The van der Waals surface area contributed by atoms with Crippen LogP contribution < -0.4 is 4.74 Å². The van der Waals surface area contributed by atoms with Gasteiger partial charge in [0.05, 0.1) is 7.11 Å². The van der Waals surface area contributed by atoms with Crippen molar-refractivity contribution in [3.63, 3.8) is 0 Å². The number of methoxy groups -OCH3 is 1. The van der Waals surface area contributed by atoms with Crippen LogP contribution in [0, 0.1) is 0 Å². The predicted octanol–water partition coefficient (Wildman–Crippen LogP) is 4.12. The number of carbonyl (C=O) groups is 3. The molecule has 3 heterocycles. The zero-order chi connectivity index (χ0) is 30.1. The summed E-state index contributed by atoms with van der Waals surface area (Å²) in [4.78, 5) is 39.1. The zero-order valence-electron chi connectivity index (χ0n) is 21.2. The Labute approximate surface area is 225 Å². The Morgan fingerprint density at radius 2 is 1.38 bits per heavy atom. The number of halogens is 6. The number of nitrogens with zero attached hydrogens (tertiary/aromatic N) is 3. The van der Waals surface area contributed by atoms with Gasteiger partial charge in [-0.2, -0.15) is 26.3 Å². The topological polar surface area (TPSA) is 120 Å². The van der Waals surface area contributed by atoms with Crippen LogP contribution in [0.2, 0.25) is 0 Å². The van der Waals surface area contributed by atoms with Gasteiger partial charge in [0.1, 0.15) is 5.75 Å². The SMILES string of the molecule is COc1ccc(CN2CC[C@@H]3[C@H]2CCC(=O)N3Cc2ccncc2)cc1.O=C(O)C(F)(F)F.O=C(O)C(F)(F)F. The third-order valence-electron chi connectivity index (χ3n) is 6.13. The van der Waals surface area contributed by atoms with Gasteiger partial charge in [-0.25, -0.2) is 9.59 Å². The van der Waals surface area contributed by atoms with E-state index in [9.17, 15) is 31.1 Å². The average molecular weight is 579 g/mol. The number of carboxylic acid groups (broad SMARTS) is 2. The van der Waals surface area contributed by atoms with Gasteiger partial charge in [-0.1, -0.05) is 12.1 Å². The van der Waals surface area contributed by atoms with Crippen LogP contribution >= 0.6 is 0 Å². The van der Waals surface area contributed by atoms with Gasteiger partial charge in [-0.05, 0) is 48.2 Å². The summed E-state index contributed by atoms with van der Waals surface area (Å²) in [6.07, 6.45) is -3.91. The standard InChI is InChI=1S/C21H25N3O2.2C2HF3O2/c1-26-18-4-2-16(3-5-18)14-23-13-10-20-19(23)6-7-21(25)24(20)15-17-8-11-22-12-9-17;2*3-2(4,5)1(6)7/h2-5,8-9,11-12,19-20H,6-7,10,13-15H2,1H3;2*(H,6,7)/t19-,20-;;/m1../s1. The summed E-state index contributed by atoms with van der Waals surface area (Å²) in [6.45, 7) is 2.67. The number of benzene rings is 1. The Bertz CT molecular complexity index is 1100. The first-order valence-electron chi connectivity index (χ1n) is 11.8. The molecule has 0 spiro atoms. The van der Waals surface area contributed by atoms with Crippen molar-refractivity contribution < 1.29 is 55.7 Å². The molecule has 2 N–H and O–H groups in total. The summed E-state index contributed by atoms with van der Waals surface area (Å²) in [6, 6.07) is 13.1. The maximum Gasteiger partial charge on any atom is 0.490 e. The van der Waals surface area contributed by atoms with Crippen molar-refractivity contribution in [3.8, 4) is 5.75 Å². The minimum atomic E-state index is -5.08. The highest BCUT2D eigenvalue weighted by Crippen LogP contribution is 2.33. The molecule has 2 atom stereocenters. The lowest BCUT2D eigenvalue weighted by Gasteiger charge is -2.40. The van der Waals surface area contributed by atoms with Gasteiger partial charge < -0.3 is 19.8 Å². The van der Waals surface area contributed by atoms with Crippen LogP contribution in [0.3, 0.4) is 0 Å². The lowest BCUT2D eigenvalue weighted by molar-refractivity contribution is -0.193. The molecule has 2 aromatic rings. The van der Waals surface area contributed by atoms with E-state index in [1.54, 1.807) is 19.5 Å². The molecule has 0 aliphatic carbocycles. The van der Waals surface area contributed by atoms with Crippen molar-refractivity contribution in [2.24, 2.45) is 0 Å². The second kappa shape index (κ2) is 14.0. The van der Waals surface area contributed by atoms with Gasteiger partial charge in [0, 0.05) is 50.5 Å². The van der Waals surface area contributed by atoms with Crippen LogP contribution in [0.1, 0.15) is 30.4 Å². The van der Waals surface area contributed by atoms with Crippen LogP contribution in [0.4, 0.5) is 26.3 Å². The number of hydrogen-bond acceptors (Lipinski definition) is 6. The summed E-state index contributed by atoms with van der Waals surface area (Å²) in [5.41, 5.74) is 2.45. The molecular formula is C25H27F6N3O6. The first-order valence-corrected chi connectivity index (χ1v) is 11.8. The van der Waals surface area contributed by atoms with Crippen molar-refractivity contribution in [2.45, 2.75) is 56.8 Å².